The highest BCUT2D eigenvalue weighted by Gasteiger charge is 2.24. The minimum atomic E-state index is 0.716. The molecule has 5 heteroatoms. The molecule has 0 spiro atoms. The van der Waals surface area contributed by atoms with Crippen LogP contribution < -0.4 is 9.06 Å². The van der Waals surface area contributed by atoms with E-state index < -0.39 is 0 Å². The van der Waals surface area contributed by atoms with Crippen LogP contribution in [-0.2, 0) is 0 Å². The van der Waals surface area contributed by atoms with E-state index >= 15 is 0 Å². The molecule has 0 saturated carbocycles. The number of thiophene rings is 1. The number of rotatable bonds is 4. The van der Waals surface area contributed by atoms with E-state index in [1.54, 1.807) is 11.3 Å². The summed E-state index contributed by atoms with van der Waals surface area (Å²) < 4.78 is 1.98. The van der Waals surface area contributed by atoms with Crippen LogP contribution in [0.3, 0.4) is 0 Å². The molecule has 0 aliphatic carbocycles. The van der Waals surface area contributed by atoms with Crippen LogP contribution >= 0.6 is 11.3 Å². The number of hydrogen-bond donors (Lipinski definition) is 0. The second-order valence-electron chi connectivity index (χ2n) is 11.1. The van der Waals surface area contributed by atoms with Crippen LogP contribution in [0.1, 0.15) is 44.5 Å². The Morgan fingerprint density at radius 3 is 0.907 bits per heavy atom. The van der Waals surface area contributed by atoms with E-state index in [2.05, 4.69) is 137 Å². The van der Waals surface area contributed by atoms with Gasteiger partial charge in [-0.3, -0.25) is 0 Å². The Kier molecular flexibility index (Phi) is 6.88. The summed E-state index contributed by atoms with van der Waals surface area (Å²) in [5.74, 6) is 1.43. The highest BCUT2D eigenvalue weighted by atomic mass is 32.1. The largest absolute Gasteiger partial charge is 0.225 e. The van der Waals surface area contributed by atoms with Crippen molar-refractivity contribution < 1.29 is 0 Å². The molecule has 43 heavy (non-hydrogen) atoms. The summed E-state index contributed by atoms with van der Waals surface area (Å²) in [5.41, 5.74) is 12.6. The smallest absolute Gasteiger partial charge is 0.170 e. The van der Waals surface area contributed by atoms with Crippen molar-refractivity contribution in [3.05, 3.63) is 163 Å². The van der Waals surface area contributed by atoms with Crippen molar-refractivity contribution >= 4 is 45.8 Å². The SMILES string of the molecule is Cc1cccc(C2=NC(=c3ccc(=C4N=C(c5cccc(C)c5)C(c5cccc(C)c5)=N4)s3)N=C2c2cccc(C)c2)c1. The van der Waals surface area contributed by atoms with Crippen LogP contribution in [0.4, 0.5) is 0 Å². The van der Waals surface area contributed by atoms with Crippen molar-refractivity contribution in [3.8, 4) is 0 Å². The zero-order valence-corrected chi connectivity index (χ0v) is 25.4. The molecule has 3 heterocycles. The van der Waals surface area contributed by atoms with Crippen LogP contribution in [0.5, 0.6) is 0 Å². The van der Waals surface area contributed by atoms with Gasteiger partial charge in [0.1, 0.15) is 0 Å². The van der Waals surface area contributed by atoms with Crippen LogP contribution in [0.2, 0.25) is 0 Å². The summed E-state index contributed by atoms with van der Waals surface area (Å²) in [6, 6.07) is 38.0. The van der Waals surface area contributed by atoms with Gasteiger partial charge in [0.05, 0.1) is 31.9 Å². The first-order valence-electron chi connectivity index (χ1n) is 14.4. The number of aliphatic imine (C=N–C) groups is 4. The summed E-state index contributed by atoms with van der Waals surface area (Å²) in [4.78, 5) is 20.4. The number of nitrogens with zero attached hydrogens (tertiary/aromatic N) is 4. The Balaban J connectivity index is 1.40. The summed E-state index contributed by atoms with van der Waals surface area (Å²) in [6.45, 7) is 8.42. The molecule has 208 valence electrons. The lowest BCUT2D eigenvalue weighted by molar-refractivity contribution is 1.43. The van der Waals surface area contributed by atoms with Gasteiger partial charge in [0.2, 0.25) is 0 Å². The Labute approximate surface area is 255 Å². The lowest BCUT2D eigenvalue weighted by Crippen LogP contribution is -2.14. The fraction of sp³-hybridized carbons (Fsp3) is 0.105. The molecule has 1 aromatic heterocycles. The zero-order chi connectivity index (χ0) is 29.5. The third-order valence-electron chi connectivity index (χ3n) is 7.53. The monoisotopic (exact) mass is 574 g/mol. The lowest BCUT2D eigenvalue weighted by Gasteiger charge is -2.07. The molecule has 0 atom stereocenters. The van der Waals surface area contributed by atoms with Crippen molar-refractivity contribution in [1.29, 1.82) is 0 Å². The summed E-state index contributed by atoms with van der Waals surface area (Å²) in [6.07, 6.45) is 0. The van der Waals surface area contributed by atoms with E-state index in [0.717, 1.165) is 54.2 Å². The second kappa shape index (κ2) is 11.0. The fourth-order valence-corrected chi connectivity index (χ4v) is 6.33. The fourth-order valence-electron chi connectivity index (χ4n) is 5.46. The molecule has 0 fully saturated rings. The normalized spacial score (nSPS) is 14.5. The molecule has 2 aliphatic rings. The van der Waals surface area contributed by atoms with E-state index in [0.29, 0.717) is 11.6 Å². The summed E-state index contributed by atoms with van der Waals surface area (Å²) in [7, 11) is 0. The van der Waals surface area contributed by atoms with Gasteiger partial charge in [-0.25, -0.2) is 20.0 Å². The predicted molar refractivity (Wildman–Crippen MR) is 181 cm³/mol. The topological polar surface area (TPSA) is 49.4 Å². The highest BCUT2D eigenvalue weighted by molar-refractivity contribution is 7.07. The minimum Gasteiger partial charge on any atom is -0.225 e. The number of aryl methyl sites for hydroxylation is 4. The predicted octanol–water partition coefficient (Wildman–Crippen LogP) is 7.10. The van der Waals surface area contributed by atoms with Gasteiger partial charge in [-0.15, -0.1) is 11.3 Å². The molecular formula is C38H30N4S. The molecule has 0 amide bonds. The van der Waals surface area contributed by atoms with E-state index in [9.17, 15) is 0 Å². The molecule has 5 aromatic rings. The average molecular weight is 575 g/mol. The van der Waals surface area contributed by atoms with Gasteiger partial charge in [0.15, 0.2) is 11.6 Å². The van der Waals surface area contributed by atoms with E-state index in [1.165, 1.54) is 22.3 Å². The maximum absolute atomic E-state index is 5.10. The lowest BCUT2D eigenvalue weighted by atomic mass is 9.98. The average Bonchev–Trinajstić information content (AvgIpc) is 3.76. The second-order valence-corrected chi connectivity index (χ2v) is 12.2. The van der Waals surface area contributed by atoms with E-state index in [1.807, 2.05) is 0 Å². The van der Waals surface area contributed by atoms with Gasteiger partial charge >= 0.3 is 0 Å². The highest BCUT2D eigenvalue weighted by Crippen LogP contribution is 2.24. The molecule has 7 rings (SSSR count). The summed E-state index contributed by atoms with van der Waals surface area (Å²) in [5, 5.41) is 0. The summed E-state index contributed by atoms with van der Waals surface area (Å²) >= 11 is 1.63. The minimum absolute atomic E-state index is 0.716. The maximum Gasteiger partial charge on any atom is 0.170 e. The van der Waals surface area contributed by atoms with Gasteiger partial charge in [0, 0.05) is 22.3 Å². The first kappa shape index (κ1) is 26.9. The molecule has 4 nitrogen and oxygen atoms in total. The van der Waals surface area contributed by atoms with Crippen LogP contribution in [0, 0.1) is 27.7 Å². The molecule has 0 radical (unpaired) electrons. The van der Waals surface area contributed by atoms with Gasteiger partial charge in [-0.1, -0.05) is 95.1 Å². The van der Waals surface area contributed by atoms with E-state index in [-0.39, 0.29) is 0 Å². The third kappa shape index (κ3) is 5.36. The Morgan fingerprint density at radius 1 is 0.372 bits per heavy atom. The van der Waals surface area contributed by atoms with Crippen LogP contribution in [-0.4, -0.2) is 22.8 Å². The Hall–Kier alpha value is -5.00. The molecule has 0 unspecified atom stereocenters. The van der Waals surface area contributed by atoms with Crippen molar-refractivity contribution in [3.63, 3.8) is 0 Å². The number of hydrogen-bond acceptors (Lipinski definition) is 5. The first-order valence-corrected chi connectivity index (χ1v) is 15.2. The van der Waals surface area contributed by atoms with Gasteiger partial charge in [-0.2, -0.15) is 0 Å². The van der Waals surface area contributed by atoms with Gasteiger partial charge in [0.25, 0.3) is 0 Å². The van der Waals surface area contributed by atoms with Crippen molar-refractivity contribution in [2.75, 3.05) is 0 Å². The Morgan fingerprint density at radius 2 is 0.651 bits per heavy atom. The van der Waals surface area contributed by atoms with Crippen LogP contribution in [0.25, 0.3) is 11.6 Å². The standard InChI is InChI=1S/C38H30N4S/c1-23-9-5-13-27(19-23)33-34(28-14-6-10-24(2)20-28)40-37(39-33)31-17-18-32(43-31)38-41-35(29-15-7-11-25(3)21-29)36(42-38)30-16-8-12-26(4)22-30/h5-22H,1-4H3. The molecule has 0 saturated heterocycles. The number of benzene rings is 4. The molecule has 2 aliphatic heterocycles. The van der Waals surface area contributed by atoms with Crippen molar-refractivity contribution in [2.45, 2.75) is 27.7 Å². The molecule has 4 aromatic carbocycles. The van der Waals surface area contributed by atoms with Gasteiger partial charge < -0.3 is 0 Å². The van der Waals surface area contributed by atoms with Crippen molar-refractivity contribution in [2.24, 2.45) is 20.0 Å². The van der Waals surface area contributed by atoms with Gasteiger partial charge in [-0.05, 0) is 64.1 Å². The Bertz CT molecular complexity index is 1890. The zero-order valence-electron chi connectivity index (χ0n) is 24.6. The van der Waals surface area contributed by atoms with E-state index in [4.69, 9.17) is 20.0 Å². The van der Waals surface area contributed by atoms with Crippen LogP contribution in [0.15, 0.2) is 129 Å². The first-order chi connectivity index (χ1) is 20.9. The third-order valence-corrected chi connectivity index (χ3v) is 8.61. The van der Waals surface area contributed by atoms with Crippen molar-refractivity contribution in [1.82, 2.24) is 0 Å². The molecular weight excluding hydrogens is 545 g/mol. The quantitative estimate of drug-likeness (QED) is 0.220. The molecule has 0 bridgehead atoms. The molecule has 0 N–H and O–H groups in total. The maximum atomic E-state index is 5.10.